The first-order valence-corrected chi connectivity index (χ1v) is 11.1. The van der Waals surface area contributed by atoms with Crippen LogP contribution in [0.3, 0.4) is 0 Å². The zero-order chi connectivity index (χ0) is 18.7. The molecule has 0 aliphatic heterocycles. The minimum absolute atomic E-state index is 0.0371. The number of hydrogen-bond donors (Lipinski definition) is 1. The van der Waals surface area contributed by atoms with Crippen LogP contribution in [0.1, 0.15) is 30.0 Å². The van der Waals surface area contributed by atoms with Crippen LogP contribution in [0.2, 0.25) is 0 Å². The van der Waals surface area contributed by atoms with Gasteiger partial charge >= 0.3 is 0 Å². The fourth-order valence-corrected chi connectivity index (χ4v) is 6.42. The maximum atomic E-state index is 14.3. The van der Waals surface area contributed by atoms with Crippen molar-refractivity contribution in [3.8, 4) is 5.75 Å². The maximum absolute atomic E-state index is 14.3. The van der Waals surface area contributed by atoms with Gasteiger partial charge in [0.25, 0.3) is 0 Å². The number of benzene rings is 3. The van der Waals surface area contributed by atoms with Crippen LogP contribution in [0.25, 0.3) is 0 Å². The van der Waals surface area contributed by atoms with E-state index in [1.54, 1.807) is 7.11 Å². The highest BCUT2D eigenvalue weighted by molar-refractivity contribution is 7.76. The predicted molar refractivity (Wildman–Crippen MR) is 112 cm³/mol. The van der Waals surface area contributed by atoms with Crippen LogP contribution < -0.4 is 20.4 Å². The highest BCUT2D eigenvalue weighted by atomic mass is 31.2. The Morgan fingerprint density at radius 3 is 2.11 bits per heavy atom. The molecule has 4 heteroatoms. The van der Waals surface area contributed by atoms with Crippen LogP contribution in [0.15, 0.2) is 78.9 Å². The summed E-state index contributed by atoms with van der Waals surface area (Å²) in [6.45, 7) is 0. The molecular weight excluding hydrogens is 353 g/mol. The normalized spacial score (nSPS) is 16.6. The molecule has 0 saturated heterocycles. The zero-order valence-corrected chi connectivity index (χ0v) is 16.4. The Kier molecular flexibility index (Phi) is 5.15. The Balaban J connectivity index is 1.78. The number of nitrogens with one attached hydrogen (secondary N) is 1. The van der Waals surface area contributed by atoms with Gasteiger partial charge in [0.1, 0.15) is 5.75 Å². The van der Waals surface area contributed by atoms with E-state index in [2.05, 4.69) is 11.2 Å². The van der Waals surface area contributed by atoms with Gasteiger partial charge in [0.15, 0.2) is 0 Å². The molecule has 1 aliphatic carbocycles. The number of hydrogen-bond acceptors (Lipinski definition) is 2. The monoisotopic (exact) mass is 377 g/mol. The van der Waals surface area contributed by atoms with E-state index < -0.39 is 7.29 Å². The topological polar surface area (TPSA) is 38.3 Å². The lowest BCUT2D eigenvalue weighted by atomic mass is 9.87. The summed E-state index contributed by atoms with van der Waals surface area (Å²) in [5.74, 6) is 0.924. The summed E-state index contributed by atoms with van der Waals surface area (Å²) < 4.78 is 19.9. The quantitative estimate of drug-likeness (QED) is 0.661. The van der Waals surface area contributed by atoms with Crippen molar-refractivity contribution in [2.24, 2.45) is 0 Å². The van der Waals surface area contributed by atoms with Crippen molar-refractivity contribution in [1.82, 2.24) is 5.09 Å². The van der Waals surface area contributed by atoms with Crippen molar-refractivity contribution in [2.75, 3.05) is 7.11 Å². The molecule has 0 saturated carbocycles. The first kappa shape index (κ1) is 18.0. The lowest BCUT2D eigenvalue weighted by molar-refractivity contribution is 0.401. The number of ether oxygens (including phenoxy) is 1. The third-order valence-corrected chi connectivity index (χ3v) is 7.99. The molecular formula is C23H24NO2P. The molecule has 0 heterocycles. The van der Waals surface area contributed by atoms with Crippen LogP contribution in [0, 0.1) is 0 Å². The summed E-state index contributed by atoms with van der Waals surface area (Å²) >= 11 is 0. The van der Waals surface area contributed by atoms with Gasteiger partial charge in [-0.2, -0.15) is 0 Å². The Morgan fingerprint density at radius 2 is 1.52 bits per heavy atom. The van der Waals surface area contributed by atoms with Crippen molar-refractivity contribution in [1.29, 1.82) is 0 Å². The van der Waals surface area contributed by atoms with Crippen molar-refractivity contribution in [3.05, 3.63) is 90.0 Å². The van der Waals surface area contributed by atoms with E-state index in [1.807, 2.05) is 72.8 Å². The first-order valence-electron chi connectivity index (χ1n) is 9.37. The predicted octanol–water partition coefficient (Wildman–Crippen LogP) is 4.59. The Labute approximate surface area is 160 Å². The number of rotatable bonds is 5. The van der Waals surface area contributed by atoms with Crippen LogP contribution >= 0.6 is 7.29 Å². The SMILES string of the molecule is COc1cccc2c1CCC[C@H]2NP(=O)(c1ccccc1)c1ccccc1. The second-order valence-corrected chi connectivity index (χ2v) is 9.39. The molecule has 0 bridgehead atoms. The molecule has 27 heavy (non-hydrogen) atoms. The number of fused-ring (bicyclic) bond motifs is 1. The van der Waals surface area contributed by atoms with Crippen LogP contribution in [0.5, 0.6) is 5.75 Å². The third-order valence-electron chi connectivity index (χ3n) is 5.26. The second kappa shape index (κ2) is 7.72. The molecule has 1 atom stereocenters. The van der Waals surface area contributed by atoms with Gasteiger partial charge in [0.2, 0.25) is 7.29 Å². The lowest BCUT2D eigenvalue weighted by Crippen LogP contribution is -2.32. The van der Waals surface area contributed by atoms with Crippen molar-refractivity contribution in [3.63, 3.8) is 0 Å². The maximum Gasteiger partial charge on any atom is 0.205 e. The van der Waals surface area contributed by atoms with E-state index in [0.717, 1.165) is 35.6 Å². The van der Waals surface area contributed by atoms with Gasteiger partial charge in [0.05, 0.1) is 7.11 Å². The molecule has 0 aromatic heterocycles. The molecule has 3 aromatic carbocycles. The van der Waals surface area contributed by atoms with E-state index >= 15 is 0 Å². The van der Waals surface area contributed by atoms with Gasteiger partial charge in [-0.15, -0.1) is 0 Å². The standard InChI is InChI=1S/C23H24NO2P/c1-26-23-17-9-14-20-21(23)15-8-16-22(20)24-27(25,18-10-4-2-5-11-18)19-12-6-3-7-13-19/h2-7,9-14,17,22H,8,15-16H2,1H3,(H,24,25)/t22-/m1/s1. The van der Waals surface area contributed by atoms with Gasteiger partial charge in [0, 0.05) is 16.7 Å². The van der Waals surface area contributed by atoms with Gasteiger partial charge in [-0.1, -0.05) is 48.5 Å². The Bertz CT molecular complexity index is 913. The molecule has 138 valence electrons. The minimum Gasteiger partial charge on any atom is -0.496 e. The van der Waals surface area contributed by atoms with Crippen molar-refractivity contribution >= 4 is 17.9 Å². The van der Waals surface area contributed by atoms with Gasteiger partial charge in [-0.05, 0) is 60.7 Å². The van der Waals surface area contributed by atoms with E-state index in [0.29, 0.717) is 0 Å². The Morgan fingerprint density at radius 1 is 0.889 bits per heavy atom. The van der Waals surface area contributed by atoms with E-state index in [-0.39, 0.29) is 6.04 Å². The summed E-state index contributed by atoms with van der Waals surface area (Å²) in [4.78, 5) is 0. The van der Waals surface area contributed by atoms with E-state index in [4.69, 9.17) is 4.74 Å². The largest absolute Gasteiger partial charge is 0.496 e. The molecule has 1 aliphatic rings. The molecule has 0 fully saturated rings. The fourth-order valence-electron chi connectivity index (χ4n) is 3.93. The minimum atomic E-state index is -2.96. The molecule has 0 unspecified atom stereocenters. The first-order chi connectivity index (χ1) is 13.2. The van der Waals surface area contributed by atoms with E-state index in [9.17, 15) is 4.57 Å². The van der Waals surface area contributed by atoms with Gasteiger partial charge < -0.3 is 4.74 Å². The summed E-state index contributed by atoms with van der Waals surface area (Å²) in [5, 5.41) is 5.25. The Hall–Kier alpha value is -2.35. The number of methoxy groups -OCH3 is 1. The summed E-state index contributed by atoms with van der Waals surface area (Å²) in [6, 6.07) is 25.7. The highest BCUT2D eigenvalue weighted by Gasteiger charge is 2.33. The van der Waals surface area contributed by atoms with E-state index in [1.165, 1.54) is 11.1 Å². The summed E-state index contributed by atoms with van der Waals surface area (Å²) in [7, 11) is -1.25. The molecule has 0 amide bonds. The molecule has 3 aromatic rings. The molecule has 1 N–H and O–H groups in total. The van der Waals surface area contributed by atoms with Crippen LogP contribution in [0.4, 0.5) is 0 Å². The molecule has 3 nitrogen and oxygen atoms in total. The van der Waals surface area contributed by atoms with Gasteiger partial charge in [-0.25, -0.2) is 0 Å². The molecule has 4 rings (SSSR count). The second-order valence-electron chi connectivity index (χ2n) is 6.88. The summed E-state index contributed by atoms with van der Waals surface area (Å²) in [5.41, 5.74) is 2.43. The smallest absolute Gasteiger partial charge is 0.205 e. The van der Waals surface area contributed by atoms with Crippen molar-refractivity contribution < 1.29 is 9.30 Å². The van der Waals surface area contributed by atoms with Crippen molar-refractivity contribution in [2.45, 2.75) is 25.3 Å². The highest BCUT2D eigenvalue weighted by Crippen LogP contribution is 2.45. The third kappa shape index (κ3) is 3.45. The van der Waals surface area contributed by atoms with Gasteiger partial charge in [-0.3, -0.25) is 9.65 Å². The zero-order valence-electron chi connectivity index (χ0n) is 15.5. The average molecular weight is 377 g/mol. The summed E-state index contributed by atoms with van der Waals surface area (Å²) in [6.07, 6.45) is 3.01. The van der Waals surface area contributed by atoms with Crippen LogP contribution in [-0.2, 0) is 11.0 Å². The average Bonchev–Trinajstić information content (AvgIpc) is 2.75. The fraction of sp³-hybridized carbons (Fsp3) is 0.217. The van der Waals surface area contributed by atoms with Crippen LogP contribution in [-0.4, -0.2) is 7.11 Å². The molecule has 0 spiro atoms. The molecule has 0 radical (unpaired) electrons. The lowest BCUT2D eigenvalue weighted by Gasteiger charge is -2.32.